The van der Waals surface area contributed by atoms with E-state index in [1.165, 1.54) is 12.7 Å². The number of benzene rings is 1. The Hall–Kier alpha value is -0.870. The van der Waals surface area contributed by atoms with Gasteiger partial charge in [-0.25, -0.2) is 0 Å². The fourth-order valence-electron chi connectivity index (χ4n) is 3.69. The second-order valence-corrected chi connectivity index (χ2v) is 7.25. The maximum Gasteiger partial charge on any atom is 0.305 e. The number of ether oxygens (including phenoxy) is 2. The van der Waals surface area contributed by atoms with E-state index in [1.807, 2.05) is 0 Å². The predicted molar refractivity (Wildman–Crippen MR) is 84.2 cm³/mol. The van der Waals surface area contributed by atoms with Crippen molar-refractivity contribution in [1.82, 2.24) is 0 Å². The van der Waals surface area contributed by atoms with Gasteiger partial charge >= 0.3 is 5.97 Å². The van der Waals surface area contributed by atoms with Gasteiger partial charge in [-0.2, -0.15) is 0 Å². The van der Waals surface area contributed by atoms with E-state index in [0.29, 0.717) is 6.42 Å². The molecule has 3 aliphatic rings. The zero-order chi connectivity index (χ0) is 14.9. The van der Waals surface area contributed by atoms with Crippen LogP contribution in [0.3, 0.4) is 0 Å². The summed E-state index contributed by atoms with van der Waals surface area (Å²) in [5.41, 5.74) is 1.46. The average molecular weight is 353 g/mol. The van der Waals surface area contributed by atoms with Crippen molar-refractivity contribution in [2.24, 2.45) is 0 Å². The number of carbonyl (C=O) groups excluding carboxylic acids is 1. The first-order valence-corrected chi connectivity index (χ1v) is 8.34. The molecule has 0 amide bonds. The van der Waals surface area contributed by atoms with Crippen LogP contribution < -0.4 is 0 Å². The molecule has 1 aromatic rings. The molecular weight excluding hydrogens is 332 g/mol. The van der Waals surface area contributed by atoms with Gasteiger partial charge in [-0.1, -0.05) is 28.1 Å². The van der Waals surface area contributed by atoms with Crippen LogP contribution in [-0.2, 0) is 19.7 Å². The third-order valence-electron chi connectivity index (χ3n) is 5.24. The number of carbonyl (C=O) groups is 1. The number of hydrogen-bond donors (Lipinski definition) is 0. The van der Waals surface area contributed by atoms with Crippen LogP contribution in [0.1, 0.15) is 44.1 Å². The van der Waals surface area contributed by atoms with E-state index in [4.69, 9.17) is 9.47 Å². The van der Waals surface area contributed by atoms with Crippen LogP contribution in [0.15, 0.2) is 28.7 Å². The monoisotopic (exact) mass is 352 g/mol. The van der Waals surface area contributed by atoms with E-state index in [9.17, 15) is 4.79 Å². The standard InChI is InChI=1S/C17H21BrO3/c1-20-15(19)6-7-17-10-8-16(9-11-17,12-21-17)13-2-4-14(18)5-3-13/h2-5H,6-12H2,1H3. The first-order chi connectivity index (χ1) is 10.1. The van der Waals surface area contributed by atoms with Gasteiger partial charge in [-0.3, -0.25) is 4.79 Å². The quantitative estimate of drug-likeness (QED) is 0.768. The van der Waals surface area contributed by atoms with Gasteiger partial charge in [-0.05, 0) is 49.8 Å². The molecule has 0 unspecified atom stereocenters. The van der Waals surface area contributed by atoms with Gasteiger partial charge in [0.2, 0.25) is 0 Å². The van der Waals surface area contributed by atoms with E-state index >= 15 is 0 Å². The molecule has 4 rings (SSSR count). The first-order valence-electron chi connectivity index (χ1n) is 7.54. The van der Waals surface area contributed by atoms with Crippen molar-refractivity contribution in [3.8, 4) is 0 Å². The minimum absolute atomic E-state index is 0.0920. The Balaban J connectivity index is 1.68. The Morgan fingerprint density at radius 1 is 1.24 bits per heavy atom. The second kappa shape index (κ2) is 5.73. The number of hydrogen-bond acceptors (Lipinski definition) is 3. The van der Waals surface area contributed by atoms with Crippen LogP contribution in [0.2, 0.25) is 0 Å². The molecule has 2 heterocycles. The van der Waals surface area contributed by atoms with Crippen LogP contribution in [-0.4, -0.2) is 25.3 Å². The molecular formula is C17H21BrO3. The summed E-state index contributed by atoms with van der Waals surface area (Å²) < 4.78 is 12.1. The minimum Gasteiger partial charge on any atom is -0.469 e. The maximum absolute atomic E-state index is 11.4. The third-order valence-corrected chi connectivity index (χ3v) is 5.77. The van der Waals surface area contributed by atoms with Crippen LogP contribution in [0.5, 0.6) is 0 Å². The molecule has 3 fully saturated rings. The Morgan fingerprint density at radius 3 is 2.43 bits per heavy atom. The molecule has 2 saturated heterocycles. The van der Waals surface area contributed by atoms with E-state index in [1.54, 1.807) is 0 Å². The molecule has 2 aliphatic heterocycles. The highest BCUT2D eigenvalue weighted by molar-refractivity contribution is 9.10. The fraction of sp³-hybridized carbons (Fsp3) is 0.588. The van der Waals surface area contributed by atoms with Crippen molar-refractivity contribution < 1.29 is 14.3 Å². The van der Waals surface area contributed by atoms with Crippen molar-refractivity contribution in [3.63, 3.8) is 0 Å². The zero-order valence-corrected chi connectivity index (χ0v) is 13.9. The number of halogens is 1. The minimum atomic E-state index is -0.136. The summed E-state index contributed by atoms with van der Waals surface area (Å²) in [7, 11) is 1.45. The lowest BCUT2D eigenvalue weighted by atomic mass is 9.62. The fourth-order valence-corrected chi connectivity index (χ4v) is 3.96. The van der Waals surface area contributed by atoms with Gasteiger partial charge in [0, 0.05) is 16.3 Å². The van der Waals surface area contributed by atoms with Gasteiger partial charge in [0.1, 0.15) is 0 Å². The average Bonchev–Trinajstić information content (AvgIpc) is 2.55. The number of fused-ring (bicyclic) bond motifs is 3. The summed E-state index contributed by atoms with van der Waals surface area (Å²) in [5, 5.41) is 0. The highest BCUT2D eigenvalue weighted by Gasteiger charge is 2.50. The molecule has 21 heavy (non-hydrogen) atoms. The largest absolute Gasteiger partial charge is 0.469 e. The lowest BCUT2D eigenvalue weighted by molar-refractivity contribution is -0.166. The molecule has 0 atom stereocenters. The molecule has 114 valence electrons. The Bertz CT molecular complexity index is 499. The van der Waals surface area contributed by atoms with E-state index < -0.39 is 0 Å². The summed E-state index contributed by atoms with van der Waals surface area (Å²) in [5.74, 6) is -0.136. The van der Waals surface area contributed by atoms with Crippen molar-refractivity contribution in [1.29, 1.82) is 0 Å². The first kappa shape index (κ1) is 15.0. The van der Waals surface area contributed by atoms with E-state index in [-0.39, 0.29) is 17.0 Å². The maximum atomic E-state index is 11.4. The Labute approximate surface area is 134 Å². The predicted octanol–water partition coefficient (Wildman–Crippen LogP) is 3.98. The van der Waals surface area contributed by atoms with Gasteiger partial charge < -0.3 is 9.47 Å². The van der Waals surface area contributed by atoms with E-state index in [0.717, 1.165) is 43.2 Å². The van der Waals surface area contributed by atoms with Crippen molar-refractivity contribution >= 4 is 21.9 Å². The van der Waals surface area contributed by atoms with Crippen LogP contribution >= 0.6 is 15.9 Å². The Kier molecular flexibility index (Phi) is 4.10. The molecule has 0 N–H and O–H groups in total. The normalized spacial score (nSPS) is 31.1. The zero-order valence-electron chi connectivity index (χ0n) is 12.4. The topological polar surface area (TPSA) is 35.5 Å². The van der Waals surface area contributed by atoms with Gasteiger partial charge in [0.25, 0.3) is 0 Å². The highest BCUT2D eigenvalue weighted by atomic mass is 79.9. The molecule has 1 saturated carbocycles. The smallest absolute Gasteiger partial charge is 0.305 e. The summed E-state index contributed by atoms with van der Waals surface area (Å²) in [6, 6.07) is 8.63. The van der Waals surface area contributed by atoms with Gasteiger partial charge in [0.05, 0.1) is 19.3 Å². The van der Waals surface area contributed by atoms with E-state index in [2.05, 4.69) is 40.2 Å². The second-order valence-electron chi connectivity index (χ2n) is 6.34. The molecule has 0 radical (unpaired) electrons. The van der Waals surface area contributed by atoms with Crippen LogP contribution in [0.25, 0.3) is 0 Å². The molecule has 1 aliphatic carbocycles. The van der Waals surface area contributed by atoms with Crippen LogP contribution in [0, 0.1) is 0 Å². The third kappa shape index (κ3) is 2.88. The van der Waals surface area contributed by atoms with Gasteiger partial charge in [0.15, 0.2) is 0 Å². The molecule has 1 aromatic carbocycles. The number of rotatable bonds is 4. The summed E-state index contributed by atoms with van der Waals surface area (Å²) >= 11 is 3.49. The van der Waals surface area contributed by atoms with Crippen molar-refractivity contribution in [3.05, 3.63) is 34.3 Å². The molecule has 0 spiro atoms. The molecule has 3 nitrogen and oxygen atoms in total. The lowest BCUT2D eigenvalue weighted by Gasteiger charge is -2.53. The van der Waals surface area contributed by atoms with Gasteiger partial charge in [-0.15, -0.1) is 0 Å². The highest BCUT2D eigenvalue weighted by Crippen LogP contribution is 2.51. The number of methoxy groups -OCH3 is 1. The summed E-state index contributed by atoms with van der Waals surface area (Å²) in [6.07, 6.45) is 5.63. The lowest BCUT2D eigenvalue weighted by Crippen LogP contribution is -2.53. The van der Waals surface area contributed by atoms with Crippen molar-refractivity contribution in [2.75, 3.05) is 13.7 Å². The summed E-state index contributed by atoms with van der Waals surface area (Å²) in [6.45, 7) is 0.774. The van der Waals surface area contributed by atoms with Crippen LogP contribution in [0.4, 0.5) is 0 Å². The van der Waals surface area contributed by atoms with Crippen molar-refractivity contribution in [2.45, 2.75) is 49.5 Å². The molecule has 0 aromatic heterocycles. The Morgan fingerprint density at radius 2 is 1.90 bits per heavy atom. The molecule has 4 heteroatoms. The molecule has 2 bridgehead atoms. The SMILES string of the molecule is COC(=O)CCC12CCC(c3ccc(Br)cc3)(CC1)CO2. The summed E-state index contributed by atoms with van der Waals surface area (Å²) in [4.78, 5) is 11.4. The number of esters is 1.